The number of fused-ring (bicyclic) bond motifs is 6. The Morgan fingerprint density at radius 2 is 1.62 bits per heavy atom. The van der Waals surface area contributed by atoms with E-state index in [9.17, 15) is 0 Å². The fourth-order valence-electron chi connectivity index (χ4n) is 5.29. The minimum atomic E-state index is -0.0935. The van der Waals surface area contributed by atoms with Crippen molar-refractivity contribution < 1.29 is 20.1 Å². The number of nitrogens with zero attached hydrogens (tertiary/aromatic N) is 3. The van der Waals surface area contributed by atoms with Gasteiger partial charge in [-0.2, -0.15) is 0 Å². The maximum absolute atomic E-state index is 5.10. The predicted octanol–water partition coefficient (Wildman–Crippen LogP) is 6.09. The van der Waals surface area contributed by atoms with E-state index in [0.29, 0.717) is 0 Å². The van der Waals surface area contributed by atoms with Crippen molar-refractivity contribution in [3.05, 3.63) is 53.3 Å². The summed E-state index contributed by atoms with van der Waals surface area (Å²) in [5.74, 6) is 1.05. The van der Waals surface area contributed by atoms with Crippen molar-refractivity contribution in [1.82, 2.24) is 14.4 Å². The Labute approximate surface area is 186 Å². The molecule has 0 saturated heterocycles. The maximum Gasteiger partial charge on any atom is 0.102 e. The molecule has 1 radical (unpaired) electrons. The first-order valence-electron chi connectivity index (χ1n) is 10.2. The molecule has 0 unspecified atom stereocenters. The largest absolute Gasteiger partial charge is 0.321 e. The number of aromatic nitrogens is 3. The third kappa shape index (κ3) is 2.87. The zero-order chi connectivity index (χ0) is 20.1. The summed E-state index contributed by atoms with van der Waals surface area (Å²) in [5, 5.41) is 0.991. The molecule has 0 atom stereocenters. The van der Waals surface area contributed by atoms with Crippen LogP contribution in [-0.2, 0) is 36.4 Å². The topological polar surface area (TPSA) is 30.2 Å². The van der Waals surface area contributed by atoms with Gasteiger partial charge in [-0.05, 0) is 46.0 Å². The second-order valence-corrected chi connectivity index (χ2v) is 10.7. The summed E-state index contributed by atoms with van der Waals surface area (Å²) in [6.07, 6.45) is 1.16. The third-order valence-electron chi connectivity index (χ3n) is 6.30. The van der Waals surface area contributed by atoms with Crippen LogP contribution in [0.4, 0.5) is 0 Å². The first-order valence-corrected chi connectivity index (χ1v) is 10.2. The van der Waals surface area contributed by atoms with Crippen LogP contribution < -0.4 is 0 Å². The van der Waals surface area contributed by atoms with E-state index >= 15 is 0 Å². The number of imidazole rings is 1. The van der Waals surface area contributed by atoms with Crippen LogP contribution in [-0.4, -0.2) is 14.4 Å². The van der Waals surface area contributed by atoms with Gasteiger partial charge in [0.2, 0.25) is 0 Å². The second kappa shape index (κ2) is 6.12. The normalized spacial score (nSPS) is 17.6. The fourth-order valence-corrected chi connectivity index (χ4v) is 5.29. The molecule has 1 aliphatic rings. The van der Waals surface area contributed by atoms with Crippen LogP contribution >= 0.6 is 0 Å². The number of hydrogen-bond acceptors (Lipinski definition) is 2. The molecule has 2 heterocycles. The molecule has 0 amide bonds. The average Bonchev–Trinajstić information content (AvgIpc) is 3.04. The molecule has 1 aliphatic carbocycles. The molecule has 0 N–H and O–H groups in total. The standard InChI is InChI=1S/C25H28N3.Ir/c1-23(2,3)22-27-18-11-9-8-10-15(18)21-26-19-12-16-17(13-20(19)28(21)22)25(6,7)14-24(16,4)5;/h8-9,11-13H,14H2,1-7H3;/q-1;. The van der Waals surface area contributed by atoms with Crippen molar-refractivity contribution in [1.29, 1.82) is 0 Å². The molecule has 0 aliphatic heterocycles. The SMILES string of the molecule is CC(C)(C)c1nc2ccc[c-]c2c2nc3cc4c(cc3n12)C(C)(C)CC4(C)C.[Ir]. The van der Waals surface area contributed by atoms with E-state index in [4.69, 9.17) is 9.97 Å². The van der Waals surface area contributed by atoms with E-state index < -0.39 is 0 Å². The summed E-state index contributed by atoms with van der Waals surface area (Å²) in [6, 6.07) is 14.1. The van der Waals surface area contributed by atoms with Gasteiger partial charge < -0.3 is 4.40 Å². The first-order chi connectivity index (χ1) is 13.0. The Kier molecular flexibility index (Phi) is 4.33. The van der Waals surface area contributed by atoms with Gasteiger partial charge in [-0.3, -0.25) is 9.97 Å². The zero-order valence-electron chi connectivity index (χ0n) is 18.3. The molecule has 2 aromatic heterocycles. The molecule has 153 valence electrons. The van der Waals surface area contributed by atoms with Gasteiger partial charge in [0, 0.05) is 25.5 Å². The van der Waals surface area contributed by atoms with Crippen molar-refractivity contribution in [2.45, 2.75) is 71.1 Å². The summed E-state index contributed by atoms with van der Waals surface area (Å²) in [6.45, 7) is 16.1. The smallest absolute Gasteiger partial charge is 0.102 e. The molecule has 4 heteroatoms. The molecule has 5 rings (SSSR count). The van der Waals surface area contributed by atoms with E-state index in [1.807, 2.05) is 12.1 Å². The Balaban J connectivity index is 0.00000205. The van der Waals surface area contributed by atoms with Crippen LogP contribution in [0.1, 0.15) is 71.8 Å². The first kappa shape index (κ1) is 20.5. The minimum absolute atomic E-state index is 0. The van der Waals surface area contributed by atoms with Crippen molar-refractivity contribution in [3.63, 3.8) is 0 Å². The molecule has 29 heavy (non-hydrogen) atoms. The van der Waals surface area contributed by atoms with Crippen LogP contribution in [0.3, 0.4) is 0 Å². The Bertz CT molecular complexity index is 1270. The van der Waals surface area contributed by atoms with Gasteiger partial charge in [-0.25, -0.2) is 0 Å². The molecule has 0 fully saturated rings. The van der Waals surface area contributed by atoms with Gasteiger partial charge in [0.1, 0.15) is 5.82 Å². The van der Waals surface area contributed by atoms with Gasteiger partial charge >= 0.3 is 0 Å². The van der Waals surface area contributed by atoms with Crippen LogP contribution in [0.2, 0.25) is 0 Å². The van der Waals surface area contributed by atoms with Crippen molar-refractivity contribution in [3.8, 4) is 0 Å². The predicted molar refractivity (Wildman–Crippen MR) is 116 cm³/mol. The molecule has 3 nitrogen and oxygen atoms in total. The minimum Gasteiger partial charge on any atom is -0.321 e. The van der Waals surface area contributed by atoms with E-state index in [1.54, 1.807) is 0 Å². The van der Waals surface area contributed by atoms with Crippen molar-refractivity contribution >= 4 is 27.6 Å². The summed E-state index contributed by atoms with van der Waals surface area (Å²) in [4.78, 5) is 10.1. The van der Waals surface area contributed by atoms with Gasteiger partial charge in [0.25, 0.3) is 0 Å². The van der Waals surface area contributed by atoms with Crippen LogP contribution in [0.25, 0.3) is 27.6 Å². The van der Waals surface area contributed by atoms with Gasteiger partial charge in [0.05, 0.1) is 16.7 Å². The maximum atomic E-state index is 5.10. The quantitative estimate of drug-likeness (QED) is 0.243. The zero-order valence-corrected chi connectivity index (χ0v) is 20.7. The fraction of sp³-hybridized carbons (Fsp3) is 0.440. The Morgan fingerprint density at radius 1 is 0.966 bits per heavy atom. The summed E-state index contributed by atoms with van der Waals surface area (Å²) < 4.78 is 2.27. The number of hydrogen-bond donors (Lipinski definition) is 0. The molecule has 0 saturated carbocycles. The van der Waals surface area contributed by atoms with Crippen LogP contribution in [0, 0.1) is 6.07 Å². The van der Waals surface area contributed by atoms with Crippen LogP contribution in [0.15, 0.2) is 30.3 Å². The van der Waals surface area contributed by atoms with Gasteiger partial charge in [-0.15, -0.1) is 24.3 Å². The molecular formula is C25H28IrN3-. The van der Waals surface area contributed by atoms with E-state index in [-0.39, 0.29) is 36.4 Å². The molecule has 0 spiro atoms. The van der Waals surface area contributed by atoms with Gasteiger partial charge in [-0.1, -0.05) is 53.9 Å². The third-order valence-corrected chi connectivity index (χ3v) is 6.30. The Hall–Kier alpha value is -1.77. The summed E-state index contributed by atoms with van der Waals surface area (Å²) in [5.41, 5.74) is 7.27. The molecule has 4 aromatic rings. The molecule has 0 bridgehead atoms. The monoisotopic (exact) mass is 563 g/mol. The second-order valence-electron chi connectivity index (χ2n) is 10.7. The molecular weight excluding hydrogens is 535 g/mol. The Morgan fingerprint density at radius 3 is 2.28 bits per heavy atom. The van der Waals surface area contributed by atoms with Gasteiger partial charge in [0.15, 0.2) is 0 Å². The van der Waals surface area contributed by atoms with E-state index in [1.165, 1.54) is 11.1 Å². The molecule has 2 aromatic carbocycles. The van der Waals surface area contributed by atoms with E-state index in [2.05, 4.69) is 77.1 Å². The van der Waals surface area contributed by atoms with Crippen molar-refractivity contribution in [2.24, 2.45) is 0 Å². The summed E-state index contributed by atoms with van der Waals surface area (Å²) >= 11 is 0. The van der Waals surface area contributed by atoms with Crippen molar-refractivity contribution in [2.75, 3.05) is 0 Å². The van der Waals surface area contributed by atoms with Crippen LogP contribution in [0.5, 0.6) is 0 Å². The average molecular weight is 563 g/mol. The van der Waals surface area contributed by atoms with E-state index in [0.717, 1.165) is 39.8 Å². The number of benzene rings is 2. The summed E-state index contributed by atoms with van der Waals surface area (Å²) in [7, 11) is 0. The number of rotatable bonds is 0.